The van der Waals surface area contributed by atoms with Crippen molar-refractivity contribution in [2.75, 3.05) is 6.61 Å². The summed E-state index contributed by atoms with van der Waals surface area (Å²) in [6, 6.07) is 13.3. The minimum absolute atomic E-state index is 0.104. The standard InChI is InChI=1S/C18H18O4/c1-11-16(22-12(2)19)9-8-14-17(20)15(10-21-18(11)14)13-6-4-3-5-7-13/h3-9,15,17,20H,10H2,1-2H3/t15-,17+/m0/s1. The molecule has 0 amide bonds. The second kappa shape index (κ2) is 5.81. The van der Waals surface area contributed by atoms with Gasteiger partial charge in [0.25, 0.3) is 0 Å². The van der Waals surface area contributed by atoms with Gasteiger partial charge in [-0.15, -0.1) is 0 Å². The van der Waals surface area contributed by atoms with Gasteiger partial charge in [-0.1, -0.05) is 30.3 Å². The number of benzene rings is 2. The lowest BCUT2D eigenvalue weighted by Gasteiger charge is -2.32. The van der Waals surface area contributed by atoms with E-state index in [0.29, 0.717) is 18.1 Å². The lowest BCUT2D eigenvalue weighted by atomic mass is 9.86. The fourth-order valence-electron chi connectivity index (χ4n) is 2.84. The Hall–Kier alpha value is -2.33. The van der Waals surface area contributed by atoms with Crippen molar-refractivity contribution in [3.8, 4) is 11.5 Å². The highest BCUT2D eigenvalue weighted by Gasteiger charge is 2.32. The topological polar surface area (TPSA) is 55.8 Å². The Morgan fingerprint density at radius 3 is 2.64 bits per heavy atom. The van der Waals surface area contributed by atoms with E-state index in [2.05, 4.69) is 0 Å². The molecule has 114 valence electrons. The average molecular weight is 298 g/mol. The molecule has 0 unspecified atom stereocenters. The largest absolute Gasteiger partial charge is 0.492 e. The van der Waals surface area contributed by atoms with Gasteiger partial charge in [-0.05, 0) is 24.6 Å². The molecule has 2 aromatic carbocycles. The first-order valence-electron chi connectivity index (χ1n) is 7.25. The Bertz CT molecular complexity index is 694. The molecule has 0 radical (unpaired) electrons. The maximum atomic E-state index is 11.1. The highest BCUT2D eigenvalue weighted by molar-refractivity contribution is 5.70. The minimum atomic E-state index is -0.642. The molecule has 4 heteroatoms. The number of carbonyl (C=O) groups is 1. The highest BCUT2D eigenvalue weighted by atomic mass is 16.5. The molecule has 0 fully saturated rings. The van der Waals surface area contributed by atoms with Crippen molar-refractivity contribution >= 4 is 5.97 Å². The van der Waals surface area contributed by atoms with Gasteiger partial charge < -0.3 is 14.6 Å². The molecule has 1 aliphatic heterocycles. The van der Waals surface area contributed by atoms with E-state index in [4.69, 9.17) is 9.47 Å². The Labute approximate surface area is 129 Å². The number of esters is 1. The fraction of sp³-hybridized carbons (Fsp3) is 0.278. The Morgan fingerprint density at radius 2 is 1.95 bits per heavy atom. The molecule has 0 spiro atoms. The fourth-order valence-corrected chi connectivity index (χ4v) is 2.84. The number of rotatable bonds is 2. The molecule has 22 heavy (non-hydrogen) atoms. The number of ether oxygens (including phenoxy) is 2. The van der Waals surface area contributed by atoms with E-state index < -0.39 is 6.10 Å². The van der Waals surface area contributed by atoms with Crippen molar-refractivity contribution in [3.63, 3.8) is 0 Å². The van der Waals surface area contributed by atoms with Crippen molar-refractivity contribution in [1.82, 2.24) is 0 Å². The van der Waals surface area contributed by atoms with Gasteiger partial charge in [0, 0.05) is 24.0 Å². The summed E-state index contributed by atoms with van der Waals surface area (Å²) in [5.41, 5.74) is 2.51. The van der Waals surface area contributed by atoms with Crippen LogP contribution in [0.3, 0.4) is 0 Å². The number of fused-ring (bicyclic) bond motifs is 1. The lowest BCUT2D eigenvalue weighted by molar-refractivity contribution is -0.131. The van der Waals surface area contributed by atoms with Gasteiger partial charge in [0.15, 0.2) is 0 Å². The van der Waals surface area contributed by atoms with E-state index in [1.165, 1.54) is 6.92 Å². The molecule has 1 heterocycles. The Morgan fingerprint density at radius 1 is 1.23 bits per heavy atom. The molecule has 0 saturated heterocycles. The van der Waals surface area contributed by atoms with Gasteiger partial charge in [0.05, 0.1) is 12.7 Å². The van der Waals surface area contributed by atoms with Gasteiger partial charge in [0.1, 0.15) is 11.5 Å². The van der Waals surface area contributed by atoms with Crippen molar-refractivity contribution < 1.29 is 19.4 Å². The molecular weight excluding hydrogens is 280 g/mol. The van der Waals surface area contributed by atoms with Crippen LogP contribution in [0.4, 0.5) is 0 Å². The molecule has 0 aromatic heterocycles. The number of hydrogen-bond acceptors (Lipinski definition) is 4. The summed E-state index contributed by atoms with van der Waals surface area (Å²) in [5, 5.41) is 10.7. The zero-order chi connectivity index (χ0) is 15.7. The van der Waals surface area contributed by atoms with Crippen LogP contribution in [0.1, 0.15) is 35.6 Å². The van der Waals surface area contributed by atoms with Crippen molar-refractivity contribution in [3.05, 3.63) is 59.2 Å². The SMILES string of the molecule is CC(=O)Oc1ccc2c(c1C)OC[C@@H](c1ccccc1)[C@@H]2O. The second-order valence-electron chi connectivity index (χ2n) is 5.47. The van der Waals surface area contributed by atoms with Crippen LogP contribution in [-0.4, -0.2) is 17.7 Å². The minimum Gasteiger partial charge on any atom is -0.492 e. The van der Waals surface area contributed by atoms with E-state index in [1.807, 2.05) is 37.3 Å². The molecule has 0 saturated carbocycles. The van der Waals surface area contributed by atoms with E-state index >= 15 is 0 Å². The van der Waals surface area contributed by atoms with Crippen LogP contribution in [0.15, 0.2) is 42.5 Å². The van der Waals surface area contributed by atoms with Crippen LogP contribution in [0.5, 0.6) is 11.5 Å². The predicted octanol–water partition coefficient (Wildman–Crippen LogP) is 3.13. The zero-order valence-corrected chi connectivity index (χ0v) is 12.6. The number of aliphatic hydroxyl groups is 1. The van der Waals surface area contributed by atoms with Crippen molar-refractivity contribution in [1.29, 1.82) is 0 Å². The molecule has 2 atom stereocenters. The monoisotopic (exact) mass is 298 g/mol. The number of hydrogen-bond donors (Lipinski definition) is 1. The summed E-state index contributed by atoms with van der Waals surface area (Å²) in [6.45, 7) is 3.58. The molecule has 4 nitrogen and oxygen atoms in total. The second-order valence-corrected chi connectivity index (χ2v) is 5.47. The van der Waals surface area contributed by atoms with E-state index in [0.717, 1.165) is 16.7 Å². The van der Waals surface area contributed by atoms with E-state index in [-0.39, 0.29) is 11.9 Å². The van der Waals surface area contributed by atoms with Crippen LogP contribution in [-0.2, 0) is 4.79 Å². The first-order chi connectivity index (χ1) is 10.6. The third-order valence-electron chi connectivity index (χ3n) is 3.98. The van der Waals surface area contributed by atoms with E-state index in [9.17, 15) is 9.90 Å². The quantitative estimate of drug-likeness (QED) is 0.683. The lowest BCUT2D eigenvalue weighted by Crippen LogP contribution is -2.25. The molecule has 2 aromatic rings. The van der Waals surface area contributed by atoms with Gasteiger partial charge >= 0.3 is 5.97 Å². The van der Waals surface area contributed by atoms with Gasteiger partial charge in [0.2, 0.25) is 0 Å². The zero-order valence-electron chi connectivity index (χ0n) is 12.6. The van der Waals surface area contributed by atoms with Crippen LogP contribution in [0.25, 0.3) is 0 Å². The maximum Gasteiger partial charge on any atom is 0.308 e. The predicted molar refractivity (Wildman–Crippen MR) is 82.1 cm³/mol. The van der Waals surface area contributed by atoms with Gasteiger partial charge in [-0.25, -0.2) is 0 Å². The Kier molecular flexibility index (Phi) is 3.86. The van der Waals surface area contributed by atoms with E-state index in [1.54, 1.807) is 12.1 Å². The molecule has 1 N–H and O–H groups in total. The third kappa shape index (κ3) is 2.57. The molecule has 0 aliphatic carbocycles. The summed E-state index contributed by atoms with van der Waals surface area (Å²) in [4.78, 5) is 11.1. The smallest absolute Gasteiger partial charge is 0.308 e. The Balaban J connectivity index is 1.96. The molecular formula is C18H18O4. The number of carbonyl (C=O) groups excluding carboxylic acids is 1. The normalized spacial score (nSPS) is 20.0. The third-order valence-corrected chi connectivity index (χ3v) is 3.98. The first-order valence-corrected chi connectivity index (χ1v) is 7.25. The summed E-state index contributed by atoms with van der Waals surface area (Å²) >= 11 is 0. The van der Waals surface area contributed by atoms with Crippen molar-refractivity contribution in [2.24, 2.45) is 0 Å². The average Bonchev–Trinajstić information content (AvgIpc) is 2.51. The maximum absolute atomic E-state index is 11.1. The highest BCUT2D eigenvalue weighted by Crippen LogP contribution is 2.44. The van der Waals surface area contributed by atoms with Crippen molar-refractivity contribution in [2.45, 2.75) is 25.9 Å². The molecule has 0 bridgehead atoms. The van der Waals surface area contributed by atoms with Crippen LogP contribution < -0.4 is 9.47 Å². The first kappa shape index (κ1) is 14.6. The van der Waals surface area contributed by atoms with Crippen LogP contribution >= 0.6 is 0 Å². The summed E-state index contributed by atoms with van der Waals surface area (Å²) < 4.78 is 11.0. The summed E-state index contributed by atoms with van der Waals surface area (Å²) in [7, 11) is 0. The number of aliphatic hydroxyl groups excluding tert-OH is 1. The summed E-state index contributed by atoms with van der Waals surface area (Å²) in [5.74, 6) is 0.601. The molecule has 3 rings (SSSR count). The molecule has 1 aliphatic rings. The van der Waals surface area contributed by atoms with Gasteiger partial charge in [-0.3, -0.25) is 4.79 Å². The summed E-state index contributed by atoms with van der Waals surface area (Å²) in [6.07, 6.45) is -0.642. The van der Waals surface area contributed by atoms with Crippen LogP contribution in [0.2, 0.25) is 0 Å². The van der Waals surface area contributed by atoms with Crippen LogP contribution in [0, 0.1) is 6.92 Å². The van der Waals surface area contributed by atoms with Gasteiger partial charge in [-0.2, -0.15) is 0 Å².